The fourth-order valence-corrected chi connectivity index (χ4v) is 3.23. The van der Waals surface area contributed by atoms with Crippen LogP contribution in [0.5, 0.6) is 5.75 Å². The number of halogens is 1. The maximum atomic E-state index is 12.3. The van der Waals surface area contributed by atoms with Crippen molar-refractivity contribution in [3.63, 3.8) is 0 Å². The molecule has 1 aromatic rings. The van der Waals surface area contributed by atoms with Crippen LogP contribution >= 0.6 is 15.9 Å². The van der Waals surface area contributed by atoms with Gasteiger partial charge in [-0.1, -0.05) is 15.9 Å². The number of carbonyl (C=O) groups is 2. The highest BCUT2D eigenvalue weighted by Crippen LogP contribution is 2.24. The first kappa shape index (κ1) is 16.8. The van der Waals surface area contributed by atoms with Crippen molar-refractivity contribution >= 4 is 27.8 Å². The second-order valence-electron chi connectivity index (χ2n) is 5.67. The molecule has 1 aromatic carbocycles. The number of esters is 1. The summed E-state index contributed by atoms with van der Waals surface area (Å²) in [5, 5.41) is 9.69. The van der Waals surface area contributed by atoms with E-state index in [2.05, 4.69) is 15.9 Å². The van der Waals surface area contributed by atoms with E-state index in [1.807, 2.05) is 13.8 Å². The molecule has 120 valence electrons. The Hall–Kier alpha value is -1.56. The van der Waals surface area contributed by atoms with Crippen molar-refractivity contribution in [2.24, 2.45) is 0 Å². The Morgan fingerprint density at radius 2 is 1.95 bits per heavy atom. The summed E-state index contributed by atoms with van der Waals surface area (Å²) >= 11 is 3.23. The molecule has 5 nitrogen and oxygen atoms in total. The minimum absolute atomic E-state index is 0.0434. The van der Waals surface area contributed by atoms with Crippen LogP contribution in [0.4, 0.5) is 0 Å². The third-order valence-electron chi connectivity index (χ3n) is 3.99. The predicted molar refractivity (Wildman–Crippen MR) is 85.7 cm³/mol. The van der Waals surface area contributed by atoms with Crippen LogP contribution in [0, 0.1) is 0 Å². The first-order valence-electron chi connectivity index (χ1n) is 7.37. The van der Waals surface area contributed by atoms with E-state index in [9.17, 15) is 14.7 Å². The molecule has 0 spiro atoms. The molecule has 2 unspecified atom stereocenters. The summed E-state index contributed by atoms with van der Waals surface area (Å²) < 4.78 is 5.72. The second kappa shape index (κ2) is 7.13. The van der Waals surface area contributed by atoms with Gasteiger partial charge in [-0.05, 0) is 51.3 Å². The van der Waals surface area contributed by atoms with E-state index in [4.69, 9.17) is 4.74 Å². The first-order chi connectivity index (χ1) is 10.4. The van der Waals surface area contributed by atoms with Crippen molar-refractivity contribution in [2.45, 2.75) is 45.2 Å². The van der Waals surface area contributed by atoms with Crippen LogP contribution in [0.2, 0.25) is 0 Å². The Labute approximate surface area is 138 Å². The molecule has 1 heterocycles. The van der Waals surface area contributed by atoms with Crippen molar-refractivity contribution in [1.82, 2.24) is 4.90 Å². The molecule has 0 aliphatic carbocycles. The zero-order valence-corrected chi connectivity index (χ0v) is 14.3. The van der Waals surface area contributed by atoms with Gasteiger partial charge in [0, 0.05) is 16.6 Å². The third-order valence-corrected chi connectivity index (χ3v) is 4.48. The summed E-state index contributed by atoms with van der Waals surface area (Å²) in [4.78, 5) is 26.1. The van der Waals surface area contributed by atoms with Crippen LogP contribution in [0.25, 0.3) is 0 Å². The molecule has 1 N–H and O–H groups in total. The van der Waals surface area contributed by atoms with Crippen LogP contribution in [-0.2, 0) is 9.53 Å². The number of hydrogen-bond donors (Lipinski definition) is 1. The molecule has 2 atom stereocenters. The number of likely N-dealkylation sites (tertiary alicyclic amines) is 1. The maximum absolute atomic E-state index is 12.3. The molecule has 1 aliphatic rings. The average molecular weight is 370 g/mol. The fourth-order valence-electron chi connectivity index (χ4n) is 2.86. The van der Waals surface area contributed by atoms with Gasteiger partial charge in [0.2, 0.25) is 0 Å². The molecule has 0 saturated carbocycles. The topological polar surface area (TPSA) is 66.8 Å². The highest BCUT2D eigenvalue weighted by atomic mass is 79.9. The normalized spacial score (nSPS) is 21.5. The second-order valence-corrected chi connectivity index (χ2v) is 6.58. The van der Waals surface area contributed by atoms with Crippen LogP contribution in [0.1, 0.15) is 43.5 Å². The van der Waals surface area contributed by atoms with Gasteiger partial charge < -0.3 is 14.7 Å². The van der Waals surface area contributed by atoms with Gasteiger partial charge >= 0.3 is 5.97 Å². The largest absolute Gasteiger partial charge is 0.507 e. The van der Waals surface area contributed by atoms with Crippen molar-refractivity contribution in [3.05, 3.63) is 28.2 Å². The van der Waals surface area contributed by atoms with Gasteiger partial charge in [0.25, 0.3) is 5.91 Å². The van der Waals surface area contributed by atoms with E-state index in [0.717, 1.165) is 19.3 Å². The molecule has 0 bridgehead atoms. The zero-order chi connectivity index (χ0) is 16.3. The maximum Gasteiger partial charge on any atom is 0.342 e. The zero-order valence-electron chi connectivity index (χ0n) is 12.7. The van der Waals surface area contributed by atoms with Crippen molar-refractivity contribution in [3.8, 4) is 5.75 Å². The van der Waals surface area contributed by atoms with Crippen LogP contribution < -0.4 is 0 Å². The Bertz CT molecular complexity index is 565. The number of ether oxygens (including phenoxy) is 1. The van der Waals surface area contributed by atoms with Gasteiger partial charge in [-0.15, -0.1) is 0 Å². The number of hydrogen-bond acceptors (Lipinski definition) is 4. The molecule has 1 saturated heterocycles. The van der Waals surface area contributed by atoms with E-state index in [0.29, 0.717) is 4.47 Å². The fraction of sp³-hybridized carbons (Fsp3) is 0.500. The highest BCUT2D eigenvalue weighted by Gasteiger charge is 2.29. The van der Waals surface area contributed by atoms with E-state index in [1.54, 1.807) is 11.0 Å². The lowest BCUT2D eigenvalue weighted by Crippen LogP contribution is -2.49. The number of carbonyl (C=O) groups excluding carboxylic acids is 2. The highest BCUT2D eigenvalue weighted by molar-refractivity contribution is 9.10. The summed E-state index contributed by atoms with van der Waals surface area (Å²) in [6.45, 7) is 3.71. The molecule has 1 fully saturated rings. The summed E-state index contributed by atoms with van der Waals surface area (Å²) in [6, 6.07) is 4.81. The lowest BCUT2D eigenvalue weighted by Gasteiger charge is -2.38. The standard InChI is InChI=1S/C16H20BrNO4/c1-10-4-3-5-11(2)18(10)15(20)9-22-16(21)13-8-12(17)6-7-14(13)19/h6-8,10-11,19H,3-5,9H2,1-2H3. The summed E-state index contributed by atoms with van der Waals surface area (Å²) in [6.07, 6.45) is 3.05. The molecule has 0 radical (unpaired) electrons. The minimum atomic E-state index is -0.704. The number of phenols is 1. The quantitative estimate of drug-likeness (QED) is 0.831. The number of amides is 1. The number of nitrogens with zero attached hydrogens (tertiary/aromatic N) is 1. The lowest BCUT2D eigenvalue weighted by molar-refractivity contribution is -0.140. The van der Waals surface area contributed by atoms with Crippen LogP contribution in [0.3, 0.4) is 0 Å². The molecule has 1 aliphatic heterocycles. The van der Waals surface area contributed by atoms with Crippen LogP contribution in [-0.4, -0.2) is 40.6 Å². The summed E-state index contributed by atoms with van der Waals surface area (Å²) in [5.41, 5.74) is 0.0434. The number of benzene rings is 1. The SMILES string of the molecule is CC1CCCC(C)N1C(=O)COC(=O)c1cc(Br)ccc1O. The number of rotatable bonds is 3. The minimum Gasteiger partial charge on any atom is -0.507 e. The molecular weight excluding hydrogens is 350 g/mol. The molecular formula is C16H20BrNO4. The number of piperidine rings is 1. The summed E-state index contributed by atoms with van der Waals surface area (Å²) in [5.74, 6) is -1.06. The smallest absolute Gasteiger partial charge is 0.342 e. The van der Waals surface area contributed by atoms with Crippen molar-refractivity contribution in [1.29, 1.82) is 0 Å². The lowest BCUT2D eigenvalue weighted by atomic mass is 9.97. The molecule has 22 heavy (non-hydrogen) atoms. The van der Waals surface area contributed by atoms with E-state index >= 15 is 0 Å². The van der Waals surface area contributed by atoms with Gasteiger partial charge in [-0.2, -0.15) is 0 Å². The van der Waals surface area contributed by atoms with Gasteiger partial charge in [-0.25, -0.2) is 4.79 Å². The number of phenolic OH excluding ortho intramolecular Hbond substituents is 1. The first-order valence-corrected chi connectivity index (χ1v) is 8.16. The van der Waals surface area contributed by atoms with Crippen LogP contribution in [0.15, 0.2) is 22.7 Å². The van der Waals surface area contributed by atoms with E-state index in [1.165, 1.54) is 12.1 Å². The monoisotopic (exact) mass is 369 g/mol. The molecule has 6 heteroatoms. The van der Waals surface area contributed by atoms with E-state index in [-0.39, 0.29) is 35.9 Å². The Balaban J connectivity index is 1.98. The van der Waals surface area contributed by atoms with Gasteiger partial charge in [0.1, 0.15) is 11.3 Å². The summed E-state index contributed by atoms with van der Waals surface area (Å²) in [7, 11) is 0. The third kappa shape index (κ3) is 3.80. The number of aromatic hydroxyl groups is 1. The van der Waals surface area contributed by atoms with Crippen molar-refractivity contribution in [2.75, 3.05) is 6.61 Å². The Kier molecular flexibility index (Phi) is 5.45. The van der Waals surface area contributed by atoms with E-state index < -0.39 is 5.97 Å². The average Bonchev–Trinajstić information content (AvgIpc) is 2.47. The van der Waals surface area contributed by atoms with Gasteiger partial charge in [-0.3, -0.25) is 4.79 Å². The predicted octanol–water partition coefficient (Wildman–Crippen LogP) is 3.10. The molecule has 1 amide bonds. The molecule has 0 aromatic heterocycles. The Morgan fingerprint density at radius 1 is 1.32 bits per heavy atom. The molecule has 2 rings (SSSR count). The van der Waals surface area contributed by atoms with Gasteiger partial charge in [0.05, 0.1) is 0 Å². The van der Waals surface area contributed by atoms with Crippen molar-refractivity contribution < 1.29 is 19.4 Å². The van der Waals surface area contributed by atoms with Gasteiger partial charge in [0.15, 0.2) is 6.61 Å². The Morgan fingerprint density at radius 3 is 2.59 bits per heavy atom.